The van der Waals surface area contributed by atoms with Gasteiger partial charge in [-0.1, -0.05) is 54.1 Å². The van der Waals surface area contributed by atoms with E-state index in [0.717, 1.165) is 16.8 Å². The Morgan fingerprint density at radius 3 is 2.34 bits per heavy atom. The summed E-state index contributed by atoms with van der Waals surface area (Å²) in [6, 6.07) is 17.7. The Hall–Kier alpha value is -2.34. The zero-order chi connectivity index (χ0) is 21.0. The van der Waals surface area contributed by atoms with Crippen LogP contribution in [-0.4, -0.2) is 38.5 Å². The van der Waals surface area contributed by atoms with Gasteiger partial charge in [-0.3, -0.25) is 4.90 Å². The summed E-state index contributed by atoms with van der Waals surface area (Å²) in [5, 5.41) is 15.3. The van der Waals surface area contributed by atoms with Gasteiger partial charge in [-0.05, 0) is 32.9 Å². The van der Waals surface area contributed by atoms with Gasteiger partial charge in [0.05, 0.1) is 16.7 Å². The van der Waals surface area contributed by atoms with Crippen LogP contribution in [0.5, 0.6) is 11.6 Å². The maximum absolute atomic E-state index is 9.97. The zero-order valence-electron chi connectivity index (χ0n) is 17.3. The number of aliphatic hydroxyl groups excluding tert-OH is 1. The van der Waals surface area contributed by atoms with Crippen LogP contribution in [0.2, 0.25) is 5.02 Å². The molecular formula is C23H28ClN3O2. The fourth-order valence-electron chi connectivity index (χ4n) is 3.28. The summed E-state index contributed by atoms with van der Waals surface area (Å²) >= 11 is 6.33. The number of rotatable bonds is 8. The second-order valence-corrected chi connectivity index (χ2v) is 7.93. The lowest BCUT2D eigenvalue weighted by molar-refractivity contribution is 0.102. The Morgan fingerprint density at radius 1 is 1.07 bits per heavy atom. The van der Waals surface area contributed by atoms with Crippen molar-refractivity contribution in [2.24, 2.45) is 7.05 Å². The van der Waals surface area contributed by atoms with Crippen LogP contribution < -0.4 is 4.74 Å². The lowest BCUT2D eigenvalue weighted by atomic mass is 10.1. The fraction of sp³-hybridized carbons (Fsp3) is 0.348. The second kappa shape index (κ2) is 9.44. The number of halogens is 1. The molecule has 0 saturated heterocycles. The van der Waals surface area contributed by atoms with Crippen LogP contribution in [0.3, 0.4) is 0 Å². The molecule has 0 fully saturated rings. The van der Waals surface area contributed by atoms with E-state index in [1.54, 1.807) is 17.7 Å². The predicted molar refractivity (Wildman–Crippen MR) is 117 cm³/mol. The lowest BCUT2D eigenvalue weighted by Crippen LogP contribution is -2.36. The van der Waals surface area contributed by atoms with E-state index in [1.807, 2.05) is 55.6 Å². The van der Waals surface area contributed by atoms with Gasteiger partial charge in [-0.15, -0.1) is 0 Å². The van der Waals surface area contributed by atoms with Gasteiger partial charge in [0.25, 0.3) is 0 Å². The number of hydrogen-bond donors (Lipinski definition) is 1. The summed E-state index contributed by atoms with van der Waals surface area (Å²) in [6.45, 7) is 7.20. The molecule has 0 amide bonds. The first-order valence-corrected chi connectivity index (χ1v) is 10.2. The number of hydrogen-bond acceptors (Lipinski definition) is 4. The predicted octanol–water partition coefficient (Wildman–Crippen LogP) is 5.12. The van der Waals surface area contributed by atoms with Gasteiger partial charge in [0.1, 0.15) is 11.4 Å². The highest BCUT2D eigenvalue weighted by molar-refractivity contribution is 6.32. The minimum atomic E-state index is -0.429. The van der Waals surface area contributed by atoms with E-state index in [2.05, 4.69) is 18.7 Å². The molecule has 0 spiro atoms. The third-order valence-corrected chi connectivity index (χ3v) is 5.08. The van der Waals surface area contributed by atoms with Crippen LogP contribution in [0, 0.1) is 0 Å². The van der Waals surface area contributed by atoms with Gasteiger partial charge in [-0.2, -0.15) is 5.10 Å². The molecule has 1 atom stereocenters. The van der Waals surface area contributed by atoms with Crippen molar-refractivity contribution in [2.75, 3.05) is 6.54 Å². The van der Waals surface area contributed by atoms with Crippen molar-refractivity contribution in [3.63, 3.8) is 0 Å². The lowest BCUT2D eigenvalue weighted by Gasteiger charge is -2.28. The summed E-state index contributed by atoms with van der Waals surface area (Å²) in [4.78, 5) is 2.22. The van der Waals surface area contributed by atoms with E-state index < -0.39 is 6.10 Å². The van der Waals surface area contributed by atoms with Crippen LogP contribution in [0.25, 0.3) is 11.3 Å². The summed E-state index contributed by atoms with van der Waals surface area (Å²) in [6.07, 6.45) is -0.429. The second-order valence-electron chi connectivity index (χ2n) is 7.53. The molecule has 1 aromatic heterocycles. The SMILES string of the molecule is CC(O)CN(Cc1c(-c2ccccc2)nn(C)c1Oc1ccccc1Cl)C(C)C. The van der Waals surface area contributed by atoms with E-state index in [9.17, 15) is 5.11 Å². The van der Waals surface area contributed by atoms with Crippen molar-refractivity contribution in [1.82, 2.24) is 14.7 Å². The van der Waals surface area contributed by atoms with Crippen molar-refractivity contribution < 1.29 is 9.84 Å². The van der Waals surface area contributed by atoms with Crippen LogP contribution in [-0.2, 0) is 13.6 Å². The first kappa shape index (κ1) is 21.4. The first-order valence-electron chi connectivity index (χ1n) is 9.82. The molecule has 0 aliphatic carbocycles. The van der Waals surface area contributed by atoms with E-state index in [1.165, 1.54) is 0 Å². The molecule has 5 nitrogen and oxygen atoms in total. The third-order valence-electron chi connectivity index (χ3n) is 4.77. The smallest absolute Gasteiger partial charge is 0.222 e. The molecule has 0 radical (unpaired) electrons. The molecule has 1 N–H and O–H groups in total. The van der Waals surface area contributed by atoms with E-state index in [0.29, 0.717) is 29.7 Å². The molecule has 3 rings (SSSR count). The molecule has 1 unspecified atom stereocenters. The number of aromatic nitrogens is 2. The number of aryl methyl sites for hydroxylation is 1. The fourth-order valence-corrected chi connectivity index (χ4v) is 3.46. The van der Waals surface area contributed by atoms with Crippen LogP contribution in [0.4, 0.5) is 0 Å². The molecule has 2 aromatic carbocycles. The number of aliphatic hydroxyl groups is 1. The van der Waals surface area contributed by atoms with Crippen LogP contribution in [0.1, 0.15) is 26.3 Å². The Balaban J connectivity index is 2.07. The minimum Gasteiger partial charge on any atom is -0.437 e. The van der Waals surface area contributed by atoms with Gasteiger partial charge >= 0.3 is 0 Å². The van der Waals surface area contributed by atoms with Crippen molar-refractivity contribution in [3.8, 4) is 22.9 Å². The molecule has 29 heavy (non-hydrogen) atoms. The topological polar surface area (TPSA) is 50.5 Å². The van der Waals surface area contributed by atoms with Crippen LogP contribution >= 0.6 is 11.6 Å². The molecule has 0 bridgehead atoms. The molecule has 1 heterocycles. The van der Waals surface area contributed by atoms with Gasteiger partial charge in [0, 0.05) is 31.7 Å². The average molecular weight is 414 g/mol. The zero-order valence-corrected chi connectivity index (χ0v) is 18.1. The highest BCUT2D eigenvalue weighted by Crippen LogP contribution is 2.36. The highest BCUT2D eigenvalue weighted by atomic mass is 35.5. The van der Waals surface area contributed by atoms with E-state index in [-0.39, 0.29) is 6.04 Å². The van der Waals surface area contributed by atoms with Crippen molar-refractivity contribution in [2.45, 2.75) is 39.5 Å². The Labute approximate surface area is 177 Å². The largest absolute Gasteiger partial charge is 0.437 e. The molecule has 6 heteroatoms. The number of para-hydroxylation sites is 1. The number of nitrogens with zero attached hydrogens (tertiary/aromatic N) is 3. The van der Waals surface area contributed by atoms with Gasteiger partial charge in [0.2, 0.25) is 5.88 Å². The number of benzene rings is 2. The standard InChI is InChI=1S/C23H28ClN3O2/c1-16(2)27(14-17(3)28)15-19-22(18-10-6-5-7-11-18)25-26(4)23(19)29-21-13-9-8-12-20(21)24/h5-13,16-17,28H,14-15H2,1-4H3. The number of ether oxygens (including phenoxy) is 1. The summed E-state index contributed by atoms with van der Waals surface area (Å²) < 4.78 is 7.99. The van der Waals surface area contributed by atoms with Crippen molar-refractivity contribution in [1.29, 1.82) is 0 Å². The summed E-state index contributed by atoms with van der Waals surface area (Å²) in [5.41, 5.74) is 2.85. The molecule has 0 aliphatic rings. The molecule has 0 saturated carbocycles. The van der Waals surface area contributed by atoms with Gasteiger partial charge < -0.3 is 9.84 Å². The maximum atomic E-state index is 9.97. The molecule has 0 aliphatic heterocycles. The van der Waals surface area contributed by atoms with E-state index in [4.69, 9.17) is 21.4 Å². The summed E-state index contributed by atoms with van der Waals surface area (Å²) in [7, 11) is 1.87. The Bertz CT molecular complexity index is 939. The first-order chi connectivity index (χ1) is 13.9. The maximum Gasteiger partial charge on any atom is 0.222 e. The highest BCUT2D eigenvalue weighted by Gasteiger charge is 2.24. The van der Waals surface area contributed by atoms with Crippen LogP contribution in [0.15, 0.2) is 54.6 Å². The van der Waals surface area contributed by atoms with Crippen molar-refractivity contribution in [3.05, 3.63) is 65.2 Å². The minimum absolute atomic E-state index is 0.251. The normalized spacial score (nSPS) is 12.6. The summed E-state index contributed by atoms with van der Waals surface area (Å²) in [5.74, 6) is 1.23. The molecule has 154 valence electrons. The molecular weight excluding hydrogens is 386 g/mol. The molecule has 3 aromatic rings. The van der Waals surface area contributed by atoms with E-state index >= 15 is 0 Å². The average Bonchev–Trinajstić information content (AvgIpc) is 2.99. The van der Waals surface area contributed by atoms with Crippen molar-refractivity contribution >= 4 is 11.6 Å². The Kier molecular flexibility index (Phi) is 6.96. The monoisotopic (exact) mass is 413 g/mol. The third kappa shape index (κ3) is 5.18. The van der Waals surface area contributed by atoms with Gasteiger partial charge in [-0.25, -0.2) is 4.68 Å². The Morgan fingerprint density at radius 2 is 1.72 bits per heavy atom. The quantitative estimate of drug-likeness (QED) is 0.556. The van der Waals surface area contributed by atoms with Gasteiger partial charge in [0.15, 0.2) is 0 Å².